The Morgan fingerprint density at radius 1 is 1.37 bits per heavy atom. The third-order valence-corrected chi connectivity index (χ3v) is 2.62. The minimum atomic E-state index is -0.438. The summed E-state index contributed by atoms with van der Waals surface area (Å²) in [4.78, 5) is 4.10. The summed E-state index contributed by atoms with van der Waals surface area (Å²) in [6.07, 6.45) is 1.46. The van der Waals surface area contributed by atoms with Crippen molar-refractivity contribution in [1.82, 2.24) is 14.8 Å². The highest BCUT2D eigenvalue weighted by atomic mass is 19.1. The van der Waals surface area contributed by atoms with Crippen LogP contribution in [0.15, 0.2) is 24.5 Å². The molecule has 1 aromatic carbocycles. The summed E-state index contributed by atoms with van der Waals surface area (Å²) in [6, 6.07) is 4.32. The molecular weight excluding hydrogens is 249 g/mol. The van der Waals surface area contributed by atoms with Crippen LogP contribution in [-0.2, 0) is 13.2 Å². The molecule has 0 unspecified atom stereocenters. The Bertz CT molecular complexity index is 555. The van der Waals surface area contributed by atoms with Gasteiger partial charge in [-0.15, -0.1) is 0 Å². The standard InChI is InChI=1S/C13H16FN3O2/c1-9(2)17-13(15-8-16-17)7-19-12-4-10(6-18)3-11(14)5-12/h3-5,8-9,18H,6-7H2,1-2H3. The fourth-order valence-corrected chi connectivity index (χ4v) is 1.75. The third-order valence-electron chi connectivity index (χ3n) is 2.62. The van der Waals surface area contributed by atoms with E-state index in [1.54, 1.807) is 10.7 Å². The van der Waals surface area contributed by atoms with Crippen LogP contribution in [0.3, 0.4) is 0 Å². The molecule has 6 heteroatoms. The van der Waals surface area contributed by atoms with Crippen LogP contribution in [0.5, 0.6) is 5.75 Å². The lowest BCUT2D eigenvalue weighted by atomic mass is 10.2. The molecule has 1 heterocycles. The molecule has 0 aliphatic carbocycles. The smallest absolute Gasteiger partial charge is 0.165 e. The summed E-state index contributed by atoms with van der Waals surface area (Å²) in [5, 5.41) is 13.1. The van der Waals surface area contributed by atoms with E-state index in [0.29, 0.717) is 17.1 Å². The average molecular weight is 265 g/mol. The predicted molar refractivity (Wildman–Crippen MR) is 67.1 cm³/mol. The van der Waals surface area contributed by atoms with Crippen molar-refractivity contribution in [2.75, 3.05) is 0 Å². The summed E-state index contributed by atoms with van der Waals surface area (Å²) in [5.41, 5.74) is 0.473. The average Bonchev–Trinajstić information content (AvgIpc) is 2.84. The Kier molecular flexibility index (Phi) is 4.11. The highest BCUT2D eigenvalue weighted by Crippen LogP contribution is 2.18. The Hall–Kier alpha value is -1.95. The lowest BCUT2D eigenvalue weighted by Gasteiger charge is -2.11. The van der Waals surface area contributed by atoms with E-state index in [2.05, 4.69) is 10.1 Å². The maximum absolute atomic E-state index is 13.3. The fourth-order valence-electron chi connectivity index (χ4n) is 1.75. The summed E-state index contributed by atoms with van der Waals surface area (Å²) < 4.78 is 20.5. The summed E-state index contributed by atoms with van der Waals surface area (Å²) in [6.45, 7) is 3.96. The van der Waals surface area contributed by atoms with Gasteiger partial charge in [-0.05, 0) is 31.5 Å². The van der Waals surface area contributed by atoms with Crippen LogP contribution in [-0.4, -0.2) is 19.9 Å². The van der Waals surface area contributed by atoms with Gasteiger partial charge in [-0.3, -0.25) is 0 Å². The second kappa shape index (κ2) is 5.79. The Morgan fingerprint density at radius 2 is 2.16 bits per heavy atom. The Balaban J connectivity index is 2.10. The van der Waals surface area contributed by atoms with E-state index < -0.39 is 5.82 Å². The van der Waals surface area contributed by atoms with Crippen molar-refractivity contribution in [2.24, 2.45) is 0 Å². The largest absolute Gasteiger partial charge is 0.486 e. The normalized spacial score (nSPS) is 11.0. The Morgan fingerprint density at radius 3 is 2.84 bits per heavy atom. The number of aliphatic hydroxyl groups excluding tert-OH is 1. The highest BCUT2D eigenvalue weighted by Gasteiger charge is 2.09. The molecule has 0 aliphatic heterocycles. The second-order valence-electron chi connectivity index (χ2n) is 4.46. The summed E-state index contributed by atoms with van der Waals surface area (Å²) in [5.74, 6) is 0.596. The minimum absolute atomic E-state index is 0.182. The van der Waals surface area contributed by atoms with Crippen LogP contribution in [0.2, 0.25) is 0 Å². The lowest BCUT2D eigenvalue weighted by molar-refractivity contribution is 0.270. The minimum Gasteiger partial charge on any atom is -0.486 e. The number of rotatable bonds is 5. The molecule has 1 N–H and O–H groups in total. The quantitative estimate of drug-likeness (QED) is 0.899. The molecule has 5 nitrogen and oxygen atoms in total. The van der Waals surface area contributed by atoms with E-state index in [4.69, 9.17) is 9.84 Å². The maximum atomic E-state index is 13.3. The molecule has 0 spiro atoms. The summed E-state index contributed by atoms with van der Waals surface area (Å²) >= 11 is 0. The van der Waals surface area contributed by atoms with Gasteiger partial charge in [-0.25, -0.2) is 14.1 Å². The van der Waals surface area contributed by atoms with Gasteiger partial charge < -0.3 is 9.84 Å². The first kappa shape index (κ1) is 13.5. The van der Waals surface area contributed by atoms with Crippen molar-refractivity contribution in [2.45, 2.75) is 33.1 Å². The zero-order chi connectivity index (χ0) is 13.8. The highest BCUT2D eigenvalue weighted by molar-refractivity contribution is 5.29. The van der Waals surface area contributed by atoms with Gasteiger partial charge in [0.25, 0.3) is 0 Å². The van der Waals surface area contributed by atoms with E-state index in [9.17, 15) is 4.39 Å². The van der Waals surface area contributed by atoms with Crippen LogP contribution >= 0.6 is 0 Å². The van der Waals surface area contributed by atoms with Crippen LogP contribution in [0.4, 0.5) is 4.39 Å². The lowest BCUT2D eigenvalue weighted by Crippen LogP contribution is -2.10. The molecular formula is C13H16FN3O2. The fraction of sp³-hybridized carbons (Fsp3) is 0.385. The molecule has 0 atom stereocenters. The van der Waals surface area contributed by atoms with E-state index in [-0.39, 0.29) is 19.3 Å². The van der Waals surface area contributed by atoms with Gasteiger partial charge in [0.15, 0.2) is 5.82 Å². The van der Waals surface area contributed by atoms with Gasteiger partial charge in [-0.1, -0.05) is 0 Å². The zero-order valence-corrected chi connectivity index (χ0v) is 10.9. The number of aromatic nitrogens is 3. The van der Waals surface area contributed by atoms with Crippen molar-refractivity contribution in [1.29, 1.82) is 0 Å². The first-order chi connectivity index (χ1) is 9.10. The molecule has 102 valence electrons. The number of benzene rings is 1. The van der Waals surface area contributed by atoms with E-state index in [1.165, 1.54) is 18.5 Å². The number of ether oxygens (including phenoxy) is 1. The van der Waals surface area contributed by atoms with Gasteiger partial charge in [0, 0.05) is 12.1 Å². The number of aliphatic hydroxyl groups is 1. The molecule has 0 fully saturated rings. The number of halogens is 1. The van der Waals surface area contributed by atoms with Crippen molar-refractivity contribution in [3.8, 4) is 5.75 Å². The summed E-state index contributed by atoms with van der Waals surface area (Å²) in [7, 11) is 0. The predicted octanol–water partition coefficient (Wildman–Crippen LogP) is 2.07. The number of nitrogens with zero attached hydrogens (tertiary/aromatic N) is 3. The molecule has 0 saturated heterocycles. The van der Waals surface area contributed by atoms with Crippen LogP contribution in [0.1, 0.15) is 31.3 Å². The van der Waals surface area contributed by atoms with Gasteiger partial charge >= 0.3 is 0 Å². The number of hydrogen-bond acceptors (Lipinski definition) is 4. The van der Waals surface area contributed by atoms with Gasteiger partial charge in [0.2, 0.25) is 0 Å². The van der Waals surface area contributed by atoms with Gasteiger partial charge in [-0.2, -0.15) is 5.10 Å². The van der Waals surface area contributed by atoms with Crippen molar-refractivity contribution < 1.29 is 14.2 Å². The van der Waals surface area contributed by atoms with Gasteiger partial charge in [0.05, 0.1) is 6.61 Å². The van der Waals surface area contributed by atoms with Gasteiger partial charge in [0.1, 0.15) is 24.5 Å². The molecule has 0 amide bonds. The molecule has 0 bridgehead atoms. The van der Waals surface area contributed by atoms with Crippen LogP contribution in [0.25, 0.3) is 0 Å². The SMILES string of the molecule is CC(C)n1ncnc1COc1cc(F)cc(CO)c1. The topological polar surface area (TPSA) is 60.2 Å². The number of hydrogen-bond donors (Lipinski definition) is 1. The monoisotopic (exact) mass is 265 g/mol. The molecule has 0 radical (unpaired) electrons. The van der Waals surface area contributed by atoms with E-state index in [1.807, 2.05) is 13.8 Å². The zero-order valence-electron chi connectivity index (χ0n) is 10.9. The third kappa shape index (κ3) is 3.29. The molecule has 0 aliphatic rings. The molecule has 19 heavy (non-hydrogen) atoms. The first-order valence-electron chi connectivity index (χ1n) is 6.01. The second-order valence-corrected chi connectivity index (χ2v) is 4.46. The maximum Gasteiger partial charge on any atom is 0.165 e. The van der Waals surface area contributed by atoms with Crippen molar-refractivity contribution in [3.63, 3.8) is 0 Å². The first-order valence-corrected chi connectivity index (χ1v) is 6.01. The molecule has 2 rings (SSSR count). The van der Waals surface area contributed by atoms with Crippen LogP contribution < -0.4 is 4.74 Å². The van der Waals surface area contributed by atoms with Crippen molar-refractivity contribution in [3.05, 3.63) is 41.7 Å². The van der Waals surface area contributed by atoms with Crippen LogP contribution in [0, 0.1) is 5.82 Å². The molecule has 0 saturated carbocycles. The molecule has 2 aromatic rings. The Labute approximate surface area is 110 Å². The van der Waals surface area contributed by atoms with Crippen molar-refractivity contribution >= 4 is 0 Å². The van der Waals surface area contributed by atoms with E-state index in [0.717, 1.165) is 0 Å². The van der Waals surface area contributed by atoms with E-state index >= 15 is 0 Å². The molecule has 1 aromatic heterocycles.